The van der Waals surface area contributed by atoms with Gasteiger partial charge in [0.2, 0.25) is 0 Å². The molecule has 2 N–H and O–H groups in total. The molecule has 7 nitrogen and oxygen atoms in total. The van der Waals surface area contributed by atoms with Gasteiger partial charge in [-0.15, -0.1) is 11.3 Å². The minimum Gasteiger partial charge on any atom is -0.497 e. The number of amides is 4. The summed E-state index contributed by atoms with van der Waals surface area (Å²) in [7, 11) is 1.53. The van der Waals surface area contributed by atoms with Crippen LogP contribution in [0.25, 0.3) is 0 Å². The molecule has 8 heteroatoms. The van der Waals surface area contributed by atoms with Crippen molar-refractivity contribution in [2.45, 2.75) is 44.6 Å². The highest BCUT2D eigenvalue weighted by atomic mass is 32.1. The number of aryl methyl sites for hydroxylation is 2. The standard InChI is InChI=1S/C21H23N3O4S/c1-21(14-8-6-9-15(12-14)28-2)19(26)24(20(27)22-21)23-18(25)17-11-13-7-4-3-5-10-16(13)29-17/h6,8-9,11-12H,3-5,7,10H2,1-2H3,(H,22,27)(H,23,25)/t21-/m0/s1. The van der Waals surface area contributed by atoms with Gasteiger partial charge in [-0.2, -0.15) is 5.01 Å². The van der Waals surface area contributed by atoms with E-state index in [2.05, 4.69) is 10.7 Å². The normalized spacial score (nSPS) is 21.4. The minimum absolute atomic E-state index is 0.443. The summed E-state index contributed by atoms with van der Waals surface area (Å²) >= 11 is 1.45. The molecule has 2 heterocycles. The summed E-state index contributed by atoms with van der Waals surface area (Å²) in [6.07, 6.45) is 5.39. The van der Waals surface area contributed by atoms with Crippen molar-refractivity contribution in [3.05, 3.63) is 51.2 Å². The average Bonchev–Trinajstić information content (AvgIpc) is 3.13. The number of rotatable bonds is 4. The van der Waals surface area contributed by atoms with Gasteiger partial charge in [-0.25, -0.2) is 4.79 Å². The van der Waals surface area contributed by atoms with Crippen LogP contribution in [0.1, 0.15) is 51.9 Å². The summed E-state index contributed by atoms with van der Waals surface area (Å²) in [6, 6.07) is 8.17. The van der Waals surface area contributed by atoms with E-state index in [0.717, 1.165) is 30.7 Å². The van der Waals surface area contributed by atoms with Gasteiger partial charge in [0.15, 0.2) is 0 Å². The molecule has 0 saturated carbocycles. The number of imide groups is 1. The first kappa shape index (κ1) is 19.4. The summed E-state index contributed by atoms with van der Waals surface area (Å²) in [5.41, 5.74) is 2.98. The second-order valence-corrected chi connectivity index (χ2v) is 8.63. The molecule has 0 unspecified atom stereocenters. The monoisotopic (exact) mass is 413 g/mol. The molecule has 1 aromatic heterocycles. The van der Waals surface area contributed by atoms with E-state index in [1.807, 2.05) is 6.07 Å². The number of ether oxygens (including phenoxy) is 1. The summed E-state index contributed by atoms with van der Waals surface area (Å²) < 4.78 is 5.21. The van der Waals surface area contributed by atoms with E-state index in [1.165, 1.54) is 35.3 Å². The molecule has 152 valence electrons. The number of hydrazine groups is 1. The number of nitrogens with one attached hydrogen (secondary N) is 2. The second kappa shape index (κ2) is 7.51. The third kappa shape index (κ3) is 3.48. The second-order valence-electron chi connectivity index (χ2n) is 7.49. The third-order valence-electron chi connectivity index (χ3n) is 5.52. The molecule has 4 rings (SSSR count). The van der Waals surface area contributed by atoms with Crippen LogP contribution in [0.4, 0.5) is 4.79 Å². The number of urea groups is 1. The number of hydrogen-bond acceptors (Lipinski definition) is 5. The molecule has 1 aliphatic heterocycles. The average molecular weight is 413 g/mol. The first-order valence-electron chi connectivity index (χ1n) is 9.66. The molecule has 0 bridgehead atoms. The zero-order valence-corrected chi connectivity index (χ0v) is 17.2. The maximum Gasteiger partial charge on any atom is 0.344 e. The molecule has 2 aromatic rings. The third-order valence-corrected chi connectivity index (χ3v) is 6.76. The Labute approximate surface area is 173 Å². The van der Waals surface area contributed by atoms with E-state index in [0.29, 0.717) is 16.2 Å². The number of fused-ring (bicyclic) bond motifs is 1. The predicted octanol–water partition coefficient (Wildman–Crippen LogP) is 3.14. The molecule has 1 saturated heterocycles. The summed E-state index contributed by atoms with van der Waals surface area (Å²) in [5, 5.41) is 3.45. The van der Waals surface area contributed by atoms with E-state index in [-0.39, 0.29) is 0 Å². The maximum absolute atomic E-state index is 13.0. The van der Waals surface area contributed by atoms with Gasteiger partial charge < -0.3 is 10.1 Å². The van der Waals surface area contributed by atoms with E-state index in [4.69, 9.17) is 4.74 Å². The van der Waals surface area contributed by atoms with Gasteiger partial charge in [-0.3, -0.25) is 15.0 Å². The van der Waals surface area contributed by atoms with Crippen LogP contribution >= 0.6 is 11.3 Å². The number of carbonyl (C=O) groups excluding carboxylic acids is 3. The van der Waals surface area contributed by atoms with Gasteiger partial charge in [-0.05, 0) is 61.9 Å². The van der Waals surface area contributed by atoms with Crippen molar-refractivity contribution in [2.24, 2.45) is 0 Å². The molecule has 1 atom stereocenters. The van der Waals surface area contributed by atoms with Crippen LogP contribution in [0.3, 0.4) is 0 Å². The topological polar surface area (TPSA) is 87.7 Å². The lowest BCUT2D eigenvalue weighted by Gasteiger charge is -2.22. The highest BCUT2D eigenvalue weighted by Gasteiger charge is 2.50. The summed E-state index contributed by atoms with van der Waals surface area (Å²) in [4.78, 5) is 40.0. The molecule has 1 fully saturated rings. The van der Waals surface area contributed by atoms with Crippen LogP contribution in [-0.2, 0) is 23.2 Å². The van der Waals surface area contributed by atoms with Crippen molar-refractivity contribution in [1.29, 1.82) is 0 Å². The molecular formula is C21H23N3O4S. The van der Waals surface area contributed by atoms with Gasteiger partial charge in [0, 0.05) is 4.88 Å². The minimum atomic E-state index is -1.29. The molecule has 1 aliphatic carbocycles. The number of methoxy groups -OCH3 is 1. The highest BCUT2D eigenvalue weighted by Crippen LogP contribution is 2.31. The Morgan fingerprint density at radius 2 is 2.00 bits per heavy atom. The van der Waals surface area contributed by atoms with Crippen LogP contribution in [0.2, 0.25) is 0 Å². The van der Waals surface area contributed by atoms with Crippen LogP contribution in [0.15, 0.2) is 30.3 Å². The van der Waals surface area contributed by atoms with Crippen molar-refractivity contribution < 1.29 is 19.1 Å². The molecule has 29 heavy (non-hydrogen) atoms. The lowest BCUT2D eigenvalue weighted by atomic mass is 9.92. The number of benzene rings is 1. The SMILES string of the molecule is COc1cccc([C@]2(C)NC(=O)N(NC(=O)c3cc4c(s3)CCCCC4)C2=O)c1. The number of nitrogens with zero attached hydrogens (tertiary/aromatic N) is 1. The fraction of sp³-hybridized carbons (Fsp3) is 0.381. The lowest BCUT2D eigenvalue weighted by molar-refractivity contribution is -0.132. The van der Waals surface area contributed by atoms with Gasteiger partial charge in [0.25, 0.3) is 11.8 Å². The highest BCUT2D eigenvalue weighted by molar-refractivity contribution is 7.14. The van der Waals surface area contributed by atoms with Crippen molar-refractivity contribution in [1.82, 2.24) is 15.8 Å². The van der Waals surface area contributed by atoms with Gasteiger partial charge in [-0.1, -0.05) is 18.6 Å². The van der Waals surface area contributed by atoms with Gasteiger partial charge >= 0.3 is 6.03 Å². The predicted molar refractivity (Wildman–Crippen MR) is 109 cm³/mol. The van der Waals surface area contributed by atoms with E-state index in [1.54, 1.807) is 31.2 Å². The van der Waals surface area contributed by atoms with Crippen molar-refractivity contribution in [3.8, 4) is 5.75 Å². The van der Waals surface area contributed by atoms with Gasteiger partial charge in [0.1, 0.15) is 11.3 Å². The van der Waals surface area contributed by atoms with E-state index >= 15 is 0 Å². The Morgan fingerprint density at radius 3 is 2.79 bits per heavy atom. The number of thiophene rings is 1. The molecule has 1 aromatic carbocycles. The summed E-state index contributed by atoms with van der Waals surface area (Å²) in [5.74, 6) is -0.406. The molecule has 0 radical (unpaired) electrons. The smallest absolute Gasteiger partial charge is 0.344 e. The van der Waals surface area contributed by atoms with Crippen LogP contribution in [-0.4, -0.2) is 30.0 Å². The Kier molecular flexibility index (Phi) is 5.04. The first-order valence-corrected chi connectivity index (χ1v) is 10.5. The Bertz CT molecular complexity index is 963. The van der Waals surface area contributed by atoms with Crippen molar-refractivity contribution >= 4 is 29.2 Å². The molecule has 0 spiro atoms. The first-order chi connectivity index (χ1) is 13.9. The summed E-state index contributed by atoms with van der Waals surface area (Å²) in [6.45, 7) is 1.61. The molecule has 4 amide bonds. The lowest BCUT2D eigenvalue weighted by Crippen LogP contribution is -2.47. The fourth-order valence-electron chi connectivity index (χ4n) is 3.81. The fourth-order valence-corrected chi connectivity index (χ4v) is 4.95. The Morgan fingerprint density at radius 1 is 1.21 bits per heavy atom. The van der Waals surface area contributed by atoms with Gasteiger partial charge in [0.05, 0.1) is 12.0 Å². The largest absolute Gasteiger partial charge is 0.497 e. The van der Waals surface area contributed by atoms with Crippen molar-refractivity contribution in [3.63, 3.8) is 0 Å². The van der Waals surface area contributed by atoms with Crippen molar-refractivity contribution in [2.75, 3.05) is 7.11 Å². The van der Waals surface area contributed by atoms with Crippen LogP contribution in [0.5, 0.6) is 5.75 Å². The number of hydrogen-bond donors (Lipinski definition) is 2. The van der Waals surface area contributed by atoms with Crippen LogP contribution in [0, 0.1) is 0 Å². The van der Waals surface area contributed by atoms with E-state index in [9.17, 15) is 14.4 Å². The van der Waals surface area contributed by atoms with Crippen LogP contribution < -0.4 is 15.5 Å². The number of carbonyl (C=O) groups is 3. The maximum atomic E-state index is 13.0. The zero-order chi connectivity index (χ0) is 20.6. The van der Waals surface area contributed by atoms with E-state index < -0.39 is 23.4 Å². The quantitative estimate of drug-likeness (QED) is 0.595. The zero-order valence-electron chi connectivity index (χ0n) is 16.4. The molecular weight excluding hydrogens is 390 g/mol. The Hall–Kier alpha value is -2.87. The molecule has 2 aliphatic rings. The Balaban J connectivity index is 1.54.